The Morgan fingerprint density at radius 3 is 1.28 bits per heavy atom. The number of hydrogen-bond acceptors (Lipinski definition) is 34. The molecule has 0 fully saturated rings. The van der Waals surface area contributed by atoms with Crippen LogP contribution in [0.15, 0.2) is 164 Å². The van der Waals surface area contributed by atoms with Gasteiger partial charge in [-0.25, -0.2) is 38.4 Å². The van der Waals surface area contributed by atoms with Crippen LogP contribution in [0.1, 0.15) is 11.1 Å². The molecule has 0 bridgehead atoms. The summed E-state index contributed by atoms with van der Waals surface area (Å²) in [7, 11) is 0. The first-order valence-corrected chi connectivity index (χ1v) is 30.8. The summed E-state index contributed by atoms with van der Waals surface area (Å²) >= 11 is -3.41. The van der Waals surface area contributed by atoms with E-state index in [0.717, 1.165) is 37.9 Å². The Kier molecular flexibility index (Phi) is 35.0. The summed E-state index contributed by atoms with van der Waals surface area (Å²) in [6, 6.07) is 48.3. The van der Waals surface area contributed by atoms with Gasteiger partial charge in [-0.1, -0.05) is 133 Å². The maximum atomic E-state index is 13.1. The molecule has 8 rings (SSSR count). The lowest BCUT2D eigenvalue weighted by molar-refractivity contribution is -0.777. The second-order valence-electron chi connectivity index (χ2n) is 18.9. The molecule has 554 valence electrons. The molecule has 30 nitrogen and oxygen atoms in total. The van der Waals surface area contributed by atoms with Crippen LogP contribution >= 0.6 is 48.2 Å². The molecule has 0 amide bonds. The zero-order chi connectivity index (χ0) is 75.4. The molecular formula is C61H46F8O30S4-4. The monoisotopic (exact) mass is 1540 g/mol. The summed E-state index contributed by atoms with van der Waals surface area (Å²) in [6.45, 7) is -4.57. The van der Waals surface area contributed by atoms with Crippen LogP contribution in [-0.4, -0.2) is 120 Å². The van der Waals surface area contributed by atoms with E-state index in [4.69, 9.17) is 23.7 Å². The van der Waals surface area contributed by atoms with Gasteiger partial charge in [0.1, 0.15) is 85.2 Å². The third-order valence-electron chi connectivity index (χ3n) is 12.0. The van der Waals surface area contributed by atoms with E-state index in [9.17, 15) is 99.6 Å². The lowest BCUT2D eigenvalue weighted by Gasteiger charge is -2.14. The zero-order valence-electron chi connectivity index (χ0n) is 51.4. The van der Waals surface area contributed by atoms with Gasteiger partial charge in [-0.15, -0.1) is 0 Å². The van der Waals surface area contributed by atoms with Gasteiger partial charge in [0.2, 0.25) is 0 Å². The lowest BCUT2D eigenvalue weighted by Crippen LogP contribution is -2.30. The van der Waals surface area contributed by atoms with Gasteiger partial charge in [0.25, 0.3) is 0 Å². The highest BCUT2D eigenvalue weighted by Crippen LogP contribution is 2.35. The molecule has 0 spiro atoms. The molecule has 0 saturated carbocycles. The van der Waals surface area contributed by atoms with E-state index in [2.05, 4.69) is 56.4 Å². The normalized spacial score (nSPS) is 11.3. The molecule has 8 aromatic carbocycles. The number of carbonyl (C=O) groups is 8. The van der Waals surface area contributed by atoms with Crippen LogP contribution in [-0.2, 0) is 122 Å². The largest absolute Gasteiger partial charge is 0.691 e. The van der Waals surface area contributed by atoms with E-state index in [0.29, 0.717) is 28.5 Å². The van der Waals surface area contributed by atoms with Crippen molar-refractivity contribution in [3.05, 3.63) is 175 Å². The van der Waals surface area contributed by atoms with Crippen LogP contribution in [0.3, 0.4) is 0 Å². The first kappa shape index (κ1) is 84.2. The summed E-state index contributed by atoms with van der Waals surface area (Å²) < 4.78 is 159. The molecule has 0 aliphatic rings. The average molecular weight is 1540 g/mol. The van der Waals surface area contributed by atoms with Crippen molar-refractivity contribution in [1.82, 2.24) is 0 Å². The maximum Gasteiger partial charge on any atom is 0.415 e. The van der Waals surface area contributed by atoms with Crippen LogP contribution < -0.4 is 30.5 Å². The summed E-state index contributed by atoms with van der Waals surface area (Å²) in [5.41, 5.74) is 1.63. The second-order valence-corrected chi connectivity index (χ2v) is 22.1. The molecule has 0 aromatic heterocycles. The minimum Gasteiger partial charge on any atom is -0.691 e. The fraction of sp³-hybridized carbons (Fsp3) is 0.213. The number of halogens is 8. The third kappa shape index (κ3) is 29.1. The molecule has 0 radical (unpaired) electrons. The number of fused-ring (bicyclic) bond motifs is 4. The Balaban J connectivity index is 0.000000247. The van der Waals surface area contributed by atoms with E-state index < -0.39 is 143 Å². The molecular weight excluding hydrogens is 1490 g/mol. The van der Waals surface area contributed by atoms with Gasteiger partial charge in [0, 0.05) is 17.2 Å². The summed E-state index contributed by atoms with van der Waals surface area (Å²) in [6.07, 6.45) is 0.404. The van der Waals surface area contributed by atoms with Gasteiger partial charge in [-0.2, -0.15) is 52.5 Å². The van der Waals surface area contributed by atoms with Crippen LogP contribution in [0.2, 0.25) is 0 Å². The van der Waals surface area contributed by atoms with Gasteiger partial charge in [0.05, 0.1) is 6.61 Å². The third-order valence-corrected chi connectivity index (χ3v) is 14.0. The highest BCUT2D eigenvalue weighted by Gasteiger charge is 2.47. The number of esters is 8. The molecule has 0 heterocycles. The predicted octanol–water partition coefficient (Wildman–Crippen LogP) is 7.05. The van der Waals surface area contributed by atoms with Gasteiger partial charge >= 0.3 is 68.8 Å². The first-order chi connectivity index (χ1) is 49.1. The first-order valence-electron chi connectivity index (χ1n) is 27.8. The number of phenolic OH excluding ortho intramolecular Hbond substituents is 1. The van der Waals surface area contributed by atoms with E-state index in [1.54, 1.807) is 66.7 Å². The number of carbonyl (C=O) groups excluding carboxylic acids is 8. The van der Waals surface area contributed by atoms with E-state index >= 15 is 0 Å². The van der Waals surface area contributed by atoms with E-state index in [1.807, 2.05) is 84.9 Å². The Bertz CT molecular complexity index is 4120. The van der Waals surface area contributed by atoms with Crippen LogP contribution in [0, 0.1) is 0 Å². The fourth-order valence-electron chi connectivity index (χ4n) is 7.69. The predicted molar refractivity (Wildman–Crippen MR) is 327 cm³/mol. The molecule has 0 saturated heterocycles. The highest BCUT2D eigenvalue weighted by atomic mass is 32.2. The Morgan fingerprint density at radius 2 is 0.767 bits per heavy atom. The van der Waals surface area contributed by atoms with Gasteiger partial charge in [-0.05, 0) is 73.8 Å². The van der Waals surface area contributed by atoms with Gasteiger partial charge in [0.15, 0.2) is 26.4 Å². The summed E-state index contributed by atoms with van der Waals surface area (Å²) in [5, 5.41) is 48.6. The Hall–Kier alpha value is -9.48. The molecule has 0 aliphatic carbocycles. The number of benzene rings is 8. The molecule has 0 aliphatic heterocycles. The smallest absolute Gasteiger partial charge is 0.415 e. The molecule has 1 N–H and O–H groups in total. The number of ether oxygens (including phenoxy) is 9. The molecule has 103 heavy (non-hydrogen) atoms. The van der Waals surface area contributed by atoms with Crippen molar-refractivity contribution in [3.63, 3.8) is 0 Å². The van der Waals surface area contributed by atoms with Crippen molar-refractivity contribution in [2.45, 2.75) is 34.0 Å². The van der Waals surface area contributed by atoms with E-state index in [1.165, 1.54) is 12.1 Å². The minimum absolute atomic E-state index is 0.0112. The van der Waals surface area contributed by atoms with Crippen LogP contribution in [0.5, 0.6) is 17.2 Å². The molecule has 0 atom stereocenters. The average Bonchev–Trinajstić information content (AvgIpc) is 0.828. The van der Waals surface area contributed by atoms with E-state index in [-0.39, 0.29) is 37.9 Å². The number of hydrogen-bond donors (Lipinski definition) is 1. The summed E-state index contributed by atoms with van der Waals surface area (Å²) in [5.74, 6) is -11.8. The van der Waals surface area contributed by atoms with Crippen molar-refractivity contribution >= 4 is 139 Å². The van der Waals surface area contributed by atoms with Gasteiger partial charge in [-0.3, -0.25) is 20.2 Å². The molecule has 42 heteroatoms. The van der Waals surface area contributed by atoms with Crippen LogP contribution in [0.4, 0.5) is 35.1 Å². The van der Waals surface area contributed by atoms with Crippen molar-refractivity contribution in [3.8, 4) is 17.2 Å². The fourth-order valence-corrected chi connectivity index (χ4v) is 8.65. The number of phenols is 1. The lowest BCUT2D eigenvalue weighted by atomic mass is 10.0. The molecule has 8 aromatic rings. The number of aromatic hydroxyl groups is 1. The minimum atomic E-state index is -4.24. The Morgan fingerprint density at radius 1 is 0.369 bits per heavy atom. The Labute approximate surface area is 588 Å². The molecule has 0 unspecified atom stereocenters. The summed E-state index contributed by atoms with van der Waals surface area (Å²) in [4.78, 5) is 90.2. The maximum absolute atomic E-state index is 13.1. The second kappa shape index (κ2) is 42.8. The zero-order valence-corrected chi connectivity index (χ0v) is 54.7. The quantitative estimate of drug-likeness (QED) is 0.00616. The van der Waals surface area contributed by atoms with Crippen LogP contribution in [0.25, 0.3) is 43.1 Å². The van der Waals surface area contributed by atoms with Crippen molar-refractivity contribution < 1.29 is 180 Å². The van der Waals surface area contributed by atoms with Crippen molar-refractivity contribution in [1.29, 1.82) is 0 Å². The number of rotatable bonds is 34. The number of alkyl halides is 8. The highest BCUT2D eigenvalue weighted by molar-refractivity contribution is 7.97. The topological polar surface area (TPSA) is 406 Å². The standard InChI is InChI=1S/C16H14F2O9S.C16H14F2O7S.C15H12F2O7S.C14H10F2O7S/c17-16(18,28-27-26-22)15(21)25-9-14(20)24-8-7-23-13-6-2-3-10-11(13)4-1-5-12(10)19;17-16(18,26-25-24-21)15(20)23-10-14(19)22-9-8-12-6-3-5-11-4-1-2-7-13(11)12;16-15(17,25-24-23-20)14(19)22-9-13(18)21-8-10-5-6-11-3-1-2-4-12(11)7-10;15-14(16,24-23-22-19)13(18)20-8-12(17)21-11-6-5-9-3-1-2-4-10(9)7-11/h1-6,19,22H,7-9H2;1-7,21H,8-10H2;1-7,20H,8-9H2;1-7,19H,8H2/p-4. The van der Waals surface area contributed by atoms with Crippen molar-refractivity contribution in [2.24, 2.45) is 0 Å². The SMILES string of the molecule is O=C(COC(=O)C(F)(F)SOO[O-])OCCOc1cccc2c(O)cccc12.O=C(COC(=O)C(F)(F)SOO[O-])OCCc1cccc2ccccc12.O=C(COC(=O)C(F)(F)SOO[O-])OCc1ccc2ccccc2c1.O=C(COC(=O)C(F)(F)SOO[O-])Oc1ccc2ccccc2c1. The van der Waals surface area contributed by atoms with Crippen molar-refractivity contribution in [2.75, 3.05) is 46.2 Å². The van der Waals surface area contributed by atoms with Gasteiger partial charge < -0.3 is 68.8 Å².